The fourth-order valence-corrected chi connectivity index (χ4v) is 4.86. The Labute approximate surface area is 158 Å². The summed E-state index contributed by atoms with van der Waals surface area (Å²) in [6.45, 7) is 2.62. The van der Waals surface area contributed by atoms with E-state index in [2.05, 4.69) is 39.9 Å². The Bertz CT molecular complexity index is 822. The van der Waals surface area contributed by atoms with Crippen molar-refractivity contribution in [2.45, 2.75) is 51.1 Å². The van der Waals surface area contributed by atoms with E-state index in [4.69, 9.17) is 4.99 Å². The number of thioether (sulfide) groups is 1. The molecule has 26 heavy (non-hydrogen) atoms. The maximum Gasteiger partial charge on any atom is 0.222 e. The third-order valence-electron chi connectivity index (χ3n) is 5.11. The van der Waals surface area contributed by atoms with Crippen LogP contribution in [0.15, 0.2) is 29.3 Å². The van der Waals surface area contributed by atoms with E-state index in [9.17, 15) is 4.79 Å². The number of aromatic amines is 1. The molecule has 0 saturated heterocycles. The molecule has 1 saturated carbocycles. The zero-order valence-electron chi connectivity index (χ0n) is 15.2. The van der Waals surface area contributed by atoms with Crippen molar-refractivity contribution in [1.29, 1.82) is 0 Å². The van der Waals surface area contributed by atoms with Gasteiger partial charge in [-0.2, -0.15) is 0 Å². The van der Waals surface area contributed by atoms with E-state index in [0.717, 1.165) is 22.0 Å². The number of nitrogens with zero attached hydrogens (tertiary/aromatic N) is 1. The number of carbonyl (C=O) groups excluding carboxylic acids is 1. The number of carbonyl (C=O) groups is 1. The second-order valence-electron chi connectivity index (χ2n) is 7.14. The average molecular weight is 371 g/mol. The van der Waals surface area contributed by atoms with Crippen molar-refractivity contribution >= 4 is 39.3 Å². The summed E-state index contributed by atoms with van der Waals surface area (Å²) in [5.74, 6) is 0.956. The van der Waals surface area contributed by atoms with Crippen LogP contribution < -0.4 is 10.6 Å². The molecule has 138 valence electrons. The highest BCUT2D eigenvalue weighted by molar-refractivity contribution is 8.14. The van der Waals surface area contributed by atoms with Gasteiger partial charge >= 0.3 is 0 Å². The van der Waals surface area contributed by atoms with Crippen LogP contribution in [0.3, 0.4) is 0 Å². The van der Waals surface area contributed by atoms with Crippen molar-refractivity contribution in [2.24, 2.45) is 4.99 Å². The molecule has 1 atom stereocenters. The molecule has 1 aliphatic heterocycles. The molecule has 2 heterocycles. The Morgan fingerprint density at radius 2 is 2.19 bits per heavy atom. The van der Waals surface area contributed by atoms with Gasteiger partial charge < -0.3 is 15.6 Å². The summed E-state index contributed by atoms with van der Waals surface area (Å²) in [4.78, 5) is 20.1. The monoisotopic (exact) mass is 370 g/mol. The minimum Gasteiger partial charge on any atom is -0.381 e. The van der Waals surface area contributed by atoms with E-state index in [1.807, 2.05) is 6.92 Å². The van der Waals surface area contributed by atoms with Gasteiger partial charge in [0.2, 0.25) is 5.91 Å². The molecule has 1 unspecified atom stereocenters. The lowest BCUT2D eigenvalue weighted by molar-refractivity contribution is -0.121. The number of aliphatic imine (C=N–C) groups is 1. The Kier molecular flexibility index (Phi) is 5.20. The van der Waals surface area contributed by atoms with Crippen LogP contribution in [-0.2, 0) is 4.79 Å². The molecule has 1 aromatic heterocycles. The van der Waals surface area contributed by atoms with Crippen molar-refractivity contribution < 1.29 is 4.79 Å². The Morgan fingerprint density at radius 1 is 1.35 bits per heavy atom. The highest BCUT2D eigenvalue weighted by atomic mass is 32.2. The van der Waals surface area contributed by atoms with Gasteiger partial charge in [0.1, 0.15) is 5.04 Å². The van der Waals surface area contributed by atoms with E-state index in [1.165, 1.54) is 36.8 Å². The highest BCUT2D eigenvalue weighted by Crippen LogP contribution is 2.31. The number of H-pyrrole nitrogens is 1. The Hall–Kier alpha value is -1.95. The van der Waals surface area contributed by atoms with Gasteiger partial charge in [-0.1, -0.05) is 25.0 Å². The number of para-hydroxylation sites is 1. The molecule has 0 radical (unpaired) electrons. The minimum atomic E-state index is 0.0732. The summed E-state index contributed by atoms with van der Waals surface area (Å²) in [5.41, 5.74) is 3.40. The predicted molar refractivity (Wildman–Crippen MR) is 110 cm³/mol. The second kappa shape index (κ2) is 7.74. The SMILES string of the molecule is CCNC(=O)CC1CSC(c2cc3cccc(NC4CCCC4)c3[nH]2)=N1. The van der Waals surface area contributed by atoms with E-state index in [1.54, 1.807) is 11.8 Å². The summed E-state index contributed by atoms with van der Waals surface area (Å²) in [7, 11) is 0. The second-order valence-corrected chi connectivity index (χ2v) is 8.14. The number of benzene rings is 1. The highest BCUT2D eigenvalue weighted by Gasteiger charge is 2.23. The standard InChI is InChI=1S/C20H26N4OS/c1-2-21-18(25)11-15-12-26-20(23-15)17-10-13-6-5-9-16(19(13)24-17)22-14-7-3-4-8-14/h5-6,9-10,14-15,22,24H,2-4,7-8,11-12H2,1H3,(H,21,25). The lowest BCUT2D eigenvalue weighted by Crippen LogP contribution is -2.26. The molecule has 1 aliphatic carbocycles. The molecule has 2 aliphatic rings. The van der Waals surface area contributed by atoms with Crippen LogP contribution in [0.2, 0.25) is 0 Å². The number of rotatable bonds is 6. The maximum absolute atomic E-state index is 11.8. The fraction of sp³-hybridized carbons (Fsp3) is 0.500. The van der Waals surface area contributed by atoms with Crippen molar-refractivity contribution in [1.82, 2.24) is 10.3 Å². The first-order valence-corrected chi connectivity index (χ1v) is 10.6. The molecule has 3 N–H and O–H groups in total. The summed E-state index contributed by atoms with van der Waals surface area (Å²) in [6, 6.07) is 9.24. The van der Waals surface area contributed by atoms with Crippen LogP contribution >= 0.6 is 11.8 Å². The number of amides is 1. The van der Waals surface area contributed by atoms with Gasteiger partial charge in [0, 0.05) is 30.1 Å². The third-order valence-corrected chi connectivity index (χ3v) is 6.26. The van der Waals surface area contributed by atoms with Crippen molar-refractivity contribution in [3.05, 3.63) is 30.0 Å². The maximum atomic E-state index is 11.8. The van der Waals surface area contributed by atoms with E-state index in [-0.39, 0.29) is 11.9 Å². The van der Waals surface area contributed by atoms with Gasteiger partial charge in [-0.15, -0.1) is 11.8 Å². The molecule has 6 heteroatoms. The minimum absolute atomic E-state index is 0.0732. The van der Waals surface area contributed by atoms with Crippen LogP contribution in [0.4, 0.5) is 5.69 Å². The summed E-state index contributed by atoms with van der Waals surface area (Å²) < 4.78 is 0. The number of fused-ring (bicyclic) bond motifs is 1. The molecule has 1 amide bonds. The third kappa shape index (κ3) is 3.75. The number of anilines is 1. The van der Waals surface area contributed by atoms with Gasteiger partial charge in [0.05, 0.1) is 22.9 Å². The molecule has 1 aromatic carbocycles. The first-order valence-electron chi connectivity index (χ1n) is 9.59. The zero-order chi connectivity index (χ0) is 17.9. The van der Waals surface area contributed by atoms with Crippen LogP contribution in [0.25, 0.3) is 10.9 Å². The number of hydrogen-bond acceptors (Lipinski definition) is 4. The van der Waals surface area contributed by atoms with Crippen molar-refractivity contribution in [3.8, 4) is 0 Å². The number of nitrogens with one attached hydrogen (secondary N) is 3. The van der Waals surface area contributed by atoms with E-state index < -0.39 is 0 Å². The quantitative estimate of drug-likeness (QED) is 0.722. The van der Waals surface area contributed by atoms with Crippen molar-refractivity contribution in [3.63, 3.8) is 0 Å². The first-order chi connectivity index (χ1) is 12.7. The molecular formula is C20H26N4OS. The molecule has 5 nitrogen and oxygen atoms in total. The van der Waals surface area contributed by atoms with Crippen LogP contribution in [-0.4, -0.2) is 40.3 Å². The summed E-state index contributed by atoms with van der Waals surface area (Å²) in [5, 5.41) is 8.79. The lowest BCUT2D eigenvalue weighted by atomic mass is 10.2. The number of aromatic nitrogens is 1. The zero-order valence-corrected chi connectivity index (χ0v) is 16.0. The molecule has 2 aromatic rings. The molecular weight excluding hydrogens is 344 g/mol. The average Bonchev–Trinajstić information content (AvgIpc) is 3.35. The lowest BCUT2D eigenvalue weighted by Gasteiger charge is -2.14. The molecule has 0 spiro atoms. The van der Waals surface area contributed by atoms with E-state index >= 15 is 0 Å². The predicted octanol–water partition coefficient (Wildman–Crippen LogP) is 3.91. The normalized spacial score (nSPS) is 20.5. The Balaban J connectivity index is 1.53. The van der Waals surface area contributed by atoms with Gasteiger partial charge in [-0.25, -0.2) is 0 Å². The topological polar surface area (TPSA) is 69.3 Å². The van der Waals surface area contributed by atoms with Crippen LogP contribution in [0.1, 0.15) is 44.7 Å². The fourth-order valence-electron chi connectivity index (χ4n) is 3.83. The van der Waals surface area contributed by atoms with Crippen molar-refractivity contribution in [2.75, 3.05) is 17.6 Å². The van der Waals surface area contributed by atoms with Gasteiger partial charge in [0.25, 0.3) is 0 Å². The Morgan fingerprint density at radius 3 is 3.00 bits per heavy atom. The molecule has 4 rings (SSSR count). The van der Waals surface area contributed by atoms with Gasteiger partial charge in [-0.3, -0.25) is 9.79 Å². The van der Waals surface area contributed by atoms with Crippen LogP contribution in [0, 0.1) is 0 Å². The van der Waals surface area contributed by atoms with Gasteiger partial charge in [0.15, 0.2) is 0 Å². The largest absolute Gasteiger partial charge is 0.381 e. The van der Waals surface area contributed by atoms with E-state index in [0.29, 0.717) is 19.0 Å². The summed E-state index contributed by atoms with van der Waals surface area (Å²) >= 11 is 1.74. The molecule has 0 bridgehead atoms. The first kappa shape index (κ1) is 17.5. The smallest absolute Gasteiger partial charge is 0.222 e. The van der Waals surface area contributed by atoms with Gasteiger partial charge in [-0.05, 0) is 31.9 Å². The summed E-state index contributed by atoms with van der Waals surface area (Å²) in [6.07, 6.45) is 5.63. The van der Waals surface area contributed by atoms with Crippen LogP contribution in [0.5, 0.6) is 0 Å². The number of hydrogen-bond donors (Lipinski definition) is 3. The molecule has 1 fully saturated rings.